The fourth-order valence-electron chi connectivity index (χ4n) is 2.95. The number of phenols is 1. The summed E-state index contributed by atoms with van der Waals surface area (Å²) in [6.07, 6.45) is 1.67. The normalized spacial score (nSPS) is 13.9. The quantitative estimate of drug-likeness (QED) is 0.650. The van der Waals surface area contributed by atoms with Crippen LogP contribution in [0.3, 0.4) is 0 Å². The molecule has 2 aromatic carbocycles. The van der Waals surface area contributed by atoms with Crippen molar-refractivity contribution in [3.8, 4) is 23.6 Å². The molecule has 0 saturated heterocycles. The topological polar surface area (TPSA) is 97.3 Å². The molecular formula is C21H17N3O3. The Morgan fingerprint density at radius 2 is 1.93 bits per heavy atom. The minimum absolute atomic E-state index is 0.0244. The van der Waals surface area contributed by atoms with Crippen molar-refractivity contribution in [1.82, 2.24) is 4.90 Å². The maximum atomic E-state index is 12.7. The number of carbonyl (C=O) groups excluding carboxylic acids is 1. The Kier molecular flexibility index (Phi) is 5.21. The highest BCUT2D eigenvalue weighted by Crippen LogP contribution is 2.40. The summed E-state index contributed by atoms with van der Waals surface area (Å²) in [5, 5.41) is 28.1. The van der Waals surface area contributed by atoms with E-state index in [1.807, 2.05) is 43.3 Å². The van der Waals surface area contributed by atoms with Gasteiger partial charge in [-0.05, 0) is 30.7 Å². The molecule has 3 rings (SSSR count). The second kappa shape index (κ2) is 7.74. The SMILES string of the molecule is Cc1cccc(/C=C2\Oc3c(ccc(O)c3CN(CC#N)CC#N)C2=O)c1. The van der Waals surface area contributed by atoms with Crippen molar-refractivity contribution >= 4 is 11.9 Å². The van der Waals surface area contributed by atoms with Crippen LogP contribution >= 0.6 is 0 Å². The number of phenolic OH excluding ortho intramolecular Hbond substituents is 1. The number of aryl methyl sites for hydroxylation is 1. The third-order valence-corrected chi connectivity index (χ3v) is 4.23. The third kappa shape index (κ3) is 3.82. The van der Waals surface area contributed by atoms with Gasteiger partial charge in [0, 0.05) is 6.54 Å². The maximum absolute atomic E-state index is 12.7. The summed E-state index contributed by atoms with van der Waals surface area (Å²) in [5.41, 5.74) is 2.65. The van der Waals surface area contributed by atoms with Gasteiger partial charge < -0.3 is 9.84 Å². The number of hydrogen-bond donors (Lipinski definition) is 1. The van der Waals surface area contributed by atoms with Gasteiger partial charge in [0.15, 0.2) is 5.76 Å². The Bertz CT molecular complexity index is 996. The Morgan fingerprint density at radius 1 is 1.19 bits per heavy atom. The smallest absolute Gasteiger partial charge is 0.231 e. The highest BCUT2D eigenvalue weighted by Gasteiger charge is 2.31. The Labute approximate surface area is 157 Å². The molecule has 0 atom stereocenters. The first-order valence-electron chi connectivity index (χ1n) is 8.35. The average Bonchev–Trinajstić information content (AvgIpc) is 2.94. The molecule has 0 fully saturated rings. The number of aromatic hydroxyl groups is 1. The van der Waals surface area contributed by atoms with E-state index in [4.69, 9.17) is 15.3 Å². The summed E-state index contributed by atoms with van der Waals surface area (Å²) in [7, 11) is 0. The van der Waals surface area contributed by atoms with Crippen LogP contribution in [0.2, 0.25) is 0 Å². The van der Waals surface area contributed by atoms with E-state index in [-0.39, 0.29) is 42.7 Å². The monoisotopic (exact) mass is 359 g/mol. The molecule has 0 saturated carbocycles. The number of benzene rings is 2. The molecule has 0 aromatic heterocycles. The second-order valence-corrected chi connectivity index (χ2v) is 6.26. The molecule has 1 heterocycles. The number of rotatable bonds is 5. The third-order valence-electron chi connectivity index (χ3n) is 4.23. The summed E-state index contributed by atoms with van der Waals surface area (Å²) in [6.45, 7) is 2.14. The van der Waals surface area contributed by atoms with Gasteiger partial charge in [-0.2, -0.15) is 10.5 Å². The van der Waals surface area contributed by atoms with Crippen molar-refractivity contribution < 1.29 is 14.6 Å². The average molecular weight is 359 g/mol. The first kappa shape index (κ1) is 18.2. The molecule has 0 bridgehead atoms. The largest absolute Gasteiger partial charge is 0.507 e. The predicted octanol–water partition coefficient (Wildman–Crippen LogP) is 3.17. The van der Waals surface area contributed by atoms with Crippen LogP contribution in [0, 0.1) is 29.6 Å². The van der Waals surface area contributed by atoms with E-state index in [2.05, 4.69) is 0 Å². The van der Waals surface area contributed by atoms with E-state index >= 15 is 0 Å². The number of fused-ring (bicyclic) bond motifs is 1. The lowest BCUT2D eigenvalue weighted by Gasteiger charge is -2.17. The van der Waals surface area contributed by atoms with Gasteiger partial charge in [0.25, 0.3) is 0 Å². The highest BCUT2D eigenvalue weighted by atomic mass is 16.5. The van der Waals surface area contributed by atoms with Crippen molar-refractivity contribution in [2.24, 2.45) is 0 Å². The number of carbonyl (C=O) groups is 1. The minimum atomic E-state index is -0.264. The van der Waals surface area contributed by atoms with Crippen molar-refractivity contribution in [2.75, 3.05) is 13.1 Å². The van der Waals surface area contributed by atoms with E-state index in [9.17, 15) is 9.90 Å². The fraction of sp³-hybridized carbons (Fsp3) is 0.190. The van der Waals surface area contributed by atoms with E-state index in [1.54, 1.807) is 11.0 Å². The van der Waals surface area contributed by atoms with Gasteiger partial charge in [-0.25, -0.2) is 0 Å². The zero-order valence-electron chi connectivity index (χ0n) is 14.8. The molecule has 1 aliphatic heterocycles. The van der Waals surface area contributed by atoms with Crippen LogP contribution in [0.25, 0.3) is 6.08 Å². The van der Waals surface area contributed by atoms with E-state index in [1.165, 1.54) is 12.1 Å². The molecule has 1 N–H and O–H groups in total. The molecule has 0 unspecified atom stereocenters. The number of Topliss-reactive ketones (excluding diaryl/α,β-unsaturated/α-hetero) is 1. The summed E-state index contributed by atoms with van der Waals surface area (Å²) in [5.74, 6) is 0.147. The van der Waals surface area contributed by atoms with Gasteiger partial charge in [0.05, 0.1) is 36.4 Å². The predicted molar refractivity (Wildman–Crippen MR) is 98.7 cm³/mol. The molecular weight excluding hydrogens is 342 g/mol. The number of nitriles is 2. The number of hydrogen-bond acceptors (Lipinski definition) is 6. The minimum Gasteiger partial charge on any atom is -0.507 e. The van der Waals surface area contributed by atoms with Crippen LogP contribution in [0.5, 0.6) is 11.5 Å². The number of ether oxygens (including phenoxy) is 1. The van der Waals surface area contributed by atoms with Gasteiger partial charge in [-0.15, -0.1) is 0 Å². The first-order chi connectivity index (χ1) is 13.0. The van der Waals surface area contributed by atoms with Gasteiger partial charge in [-0.3, -0.25) is 9.69 Å². The summed E-state index contributed by atoms with van der Waals surface area (Å²) in [6, 6.07) is 14.6. The maximum Gasteiger partial charge on any atom is 0.231 e. The molecule has 0 spiro atoms. The zero-order valence-corrected chi connectivity index (χ0v) is 14.8. The molecule has 6 heteroatoms. The lowest BCUT2D eigenvalue weighted by Crippen LogP contribution is -2.24. The summed E-state index contributed by atoms with van der Waals surface area (Å²) < 4.78 is 5.79. The van der Waals surface area contributed by atoms with Crippen LogP contribution in [-0.2, 0) is 6.54 Å². The Hall–Kier alpha value is -3.61. The second-order valence-electron chi connectivity index (χ2n) is 6.26. The van der Waals surface area contributed by atoms with Gasteiger partial charge in [0.2, 0.25) is 5.78 Å². The Balaban J connectivity index is 1.96. The van der Waals surface area contributed by atoms with Crippen molar-refractivity contribution in [1.29, 1.82) is 10.5 Å². The van der Waals surface area contributed by atoms with Crippen molar-refractivity contribution in [3.05, 3.63) is 64.4 Å². The zero-order chi connectivity index (χ0) is 19.4. The van der Waals surface area contributed by atoms with Crippen molar-refractivity contribution in [3.63, 3.8) is 0 Å². The highest BCUT2D eigenvalue weighted by molar-refractivity contribution is 6.15. The molecule has 134 valence electrons. The van der Waals surface area contributed by atoms with Gasteiger partial charge in [-0.1, -0.05) is 29.8 Å². The molecule has 0 radical (unpaired) electrons. The van der Waals surface area contributed by atoms with Crippen LogP contribution in [0.4, 0.5) is 0 Å². The fourth-order valence-corrected chi connectivity index (χ4v) is 2.95. The lowest BCUT2D eigenvalue weighted by molar-refractivity contribution is 0.101. The van der Waals surface area contributed by atoms with E-state index in [0.717, 1.165) is 11.1 Å². The number of ketones is 1. The molecule has 6 nitrogen and oxygen atoms in total. The van der Waals surface area contributed by atoms with Gasteiger partial charge >= 0.3 is 0 Å². The first-order valence-corrected chi connectivity index (χ1v) is 8.35. The van der Waals surface area contributed by atoms with Crippen LogP contribution < -0.4 is 4.74 Å². The van der Waals surface area contributed by atoms with E-state index in [0.29, 0.717) is 11.1 Å². The molecule has 27 heavy (non-hydrogen) atoms. The number of nitrogens with zero attached hydrogens (tertiary/aromatic N) is 3. The molecule has 2 aromatic rings. The molecule has 0 amide bonds. The standard InChI is InChI=1S/C21H17N3O3/c1-14-3-2-4-15(11-14)12-19-20(26)16-5-6-18(25)17(21(16)27-19)13-24(9-7-22)10-8-23/h2-6,11-12,25H,9-10,13H2,1H3/b19-12-. The molecule has 1 aliphatic rings. The van der Waals surface area contributed by atoms with Crippen LogP contribution in [0.1, 0.15) is 27.0 Å². The number of allylic oxidation sites excluding steroid dienone is 1. The molecule has 0 aliphatic carbocycles. The summed E-state index contributed by atoms with van der Waals surface area (Å²) in [4.78, 5) is 14.3. The van der Waals surface area contributed by atoms with Gasteiger partial charge in [0.1, 0.15) is 11.5 Å². The van der Waals surface area contributed by atoms with Crippen LogP contribution in [0.15, 0.2) is 42.2 Å². The Morgan fingerprint density at radius 3 is 2.59 bits per heavy atom. The van der Waals surface area contributed by atoms with Crippen LogP contribution in [-0.4, -0.2) is 28.9 Å². The van der Waals surface area contributed by atoms with E-state index < -0.39 is 0 Å². The lowest BCUT2D eigenvalue weighted by atomic mass is 10.0. The van der Waals surface area contributed by atoms with Crippen molar-refractivity contribution in [2.45, 2.75) is 13.5 Å². The summed E-state index contributed by atoms with van der Waals surface area (Å²) >= 11 is 0.